The Balaban J connectivity index is 0.000000561. The van der Waals surface area contributed by atoms with Gasteiger partial charge in [-0.2, -0.15) is 5.26 Å². The van der Waals surface area contributed by atoms with Crippen molar-refractivity contribution in [1.29, 1.82) is 5.26 Å². The molecule has 0 saturated carbocycles. The summed E-state index contributed by atoms with van der Waals surface area (Å²) in [5, 5.41) is 8.42. The molecule has 60 valence electrons. The zero-order chi connectivity index (χ0) is 9.40. The van der Waals surface area contributed by atoms with Crippen molar-refractivity contribution in [2.24, 2.45) is 0 Å². The molecule has 1 rings (SSSR count). The molecular weight excluding hydrogens is 148 g/mol. The lowest BCUT2D eigenvalue weighted by molar-refractivity contribution is 1.32. The van der Waals surface area contributed by atoms with E-state index in [2.05, 4.69) is 24.7 Å². The first-order chi connectivity index (χ1) is 5.84. The van der Waals surface area contributed by atoms with Crippen LogP contribution in [0, 0.1) is 11.3 Å². The van der Waals surface area contributed by atoms with Crippen LogP contribution in [0.1, 0.15) is 5.56 Å². The normalized spacial score (nSPS) is 7.25. The topological polar surface area (TPSA) is 36.7 Å². The molecule has 0 aliphatic heterocycles. The number of aromatic nitrogens is 1. The van der Waals surface area contributed by atoms with Gasteiger partial charge >= 0.3 is 0 Å². The van der Waals surface area contributed by atoms with E-state index >= 15 is 0 Å². The highest BCUT2D eigenvalue weighted by atomic mass is 14.6. The number of rotatable bonds is 1. The van der Waals surface area contributed by atoms with Gasteiger partial charge in [0.15, 0.2) is 0 Å². The molecule has 0 bridgehead atoms. The highest BCUT2D eigenvalue weighted by molar-refractivity contribution is 5.74. The molecule has 0 amide bonds. The number of nitrogens with zero attached hydrogens (tertiary/aromatic N) is 2. The first-order valence-electron chi connectivity index (χ1n) is 3.34. The monoisotopic (exact) mass is 158 g/mol. The molecule has 0 fully saturated rings. The summed E-state index contributed by atoms with van der Waals surface area (Å²) >= 11 is 0. The Morgan fingerprint density at radius 2 is 1.83 bits per heavy atom. The van der Waals surface area contributed by atoms with E-state index in [1.165, 1.54) is 0 Å². The van der Waals surface area contributed by atoms with Crippen LogP contribution < -0.4 is 0 Å². The molecule has 0 unspecified atom stereocenters. The van der Waals surface area contributed by atoms with E-state index in [-0.39, 0.29) is 0 Å². The lowest BCUT2D eigenvalue weighted by Crippen LogP contribution is -1.77. The van der Waals surface area contributed by atoms with Crippen LogP contribution in [0.4, 0.5) is 0 Å². The zero-order valence-electron chi connectivity index (χ0n) is 6.83. The number of nitriles is 1. The second-order valence-corrected chi connectivity index (χ2v) is 1.83. The van der Waals surface area contributed by atoms with Crippen molar-refractivity contribution in [3.05, 3.63) is 49.8 Å². The average Bonchev–Trinajstić information content (AvgIpc) is 2.21. The van der Waals surface area contributed by atoms with Gasteiger partial charge in [-0.25, -0.2) is 0 Å². The summed E-state index contributed by atoms with van der Waals surface area (Å²) in [6.45, 7) is 9.55. The van der Waals surface area contributed by atoms with E-state index in [9.17, 15) is 0 Å². The van der Waals surface area contributed by atoms with Crippen LogP contribution in [0.15, 0.2) is 44.3 Å². The van der Waals surface area contributed by atoms with Crippen LogP contribution in [0.25, 0.3) is 5.57 Å². The minimum atomic E-state index is 0.474. The van der Waals surface area contributed by atoms with E-state index in [0.717, 1.165) is 5.56 Å². The third-order valence-corrected chi connectivity index (χ3v) is 1.16. The van der Waals surface area contributed by atoms with Crippen molar-refractivity contribution in [2.75, 3.05) is 0 Å². The van der Waals surface area contributed by atoms with Crippen molar-refractivity contribution in [1.82, 2.24) is 4.98 Å². The number of allylic oxidation sites excluding steroid dienone is 1. The number of hydrogen-bond donors (Lipinski definition) is 0. The van der Waals surface area contributed by atoms with Gasteiger partial charge < -0.3 is 0 Å². The Kier molecular flexibility index (Phi) is 4.95. The van der Waals surface area contributed by atoms with Crippen LogP contribution in [-0.2, 0) is 0 Å². The standard InChI is InChI=1S/C8H6N2.C2H4/c1-7(6-9)8-2-4-10-5-3-8;1-2/h2-5H,1H2;1-2H2. The van der Waals surface area contributed by atoms with Gasteiger partial charge in [0.1, 0.15) is 0 Å². The maximum absolute atomic E-state index is 8.42. The van der Waals surface area contributed by atoms with Crippen molar-refractivity contribution in [2.45, 2.75) is 0 Å². The van der Waals surface area contributed by atoms with Crippen molar-refractivity contribution in [3.8, 4) is 6.07 Å². The Bertz CT molecular complexity index is 282. The van der Waals surface area contributed by atoms with Gasteiger partial charge in [-0.15, -0.1) is 13.2 Å². The largest absolute Gasteiger partial charge is 0.265 e. The Morgan fingerprint density at radius 3 is 2.25 bits per heavy atom. The summed E-state index contributed by atoms with van der Waals surface area (Å²) in [6.07, 6.45) is 3.27. The SMILES string of the molecule is C=C.C=C(C#N)c1ccncc1. The predicted molar refractivity (Wildman–Crippen MR) is 50.1 cm³/mol. The molecule has 0 spiro atoms. The fourth-order valence-corrected chi connectivity index (χ4v) is 0.618. The fraction of sp³-hybridized carbons (Fsp3) is 0. The maximum Gasteiger partial charge on any atom is 0.0991 e. The van der Waals surface area contributed by atoms with E-state index in [0.29, 0.717) is 5.57 Å². The molecule has 1 heterocycles. The van der Waals surface area contributed by atoms with Gasteiger partial charge in [-0.3, -0.25) is 4.98 Å². The Morgan fingerprint density at radius 1 is 1.33 bits per heavy atom. The quantitative estimate of drug-likeness (QED) is 0.465. The molecular formula is C10H10N2. The maximum atomic E-state index is 8.42. The van der Waals surface area contributed by atoms with Crippen LogP contribution in [-0.4, -0.2) is 4.98 Å². The third-order valence-electron chi connectivity index (χ3n) is 1.16. The van der Waals surface area contributed by atoms with E-state index in [4.69, 9.17) is 5.26 Å². The summed E-state index contributed by atoms with van der Waals surface area (Å²) in [4.78, 5) is 3.81. The van der Waals surface area contributed by atoms with Crippen molar-refractivity contribution in [3.63, 3.8) is 0 Å². The molecule has 0 saturated heterocycles. The third kappa shape index (κ3) is 2.80. The minimum absolute atomic E-state index is 0.474. The summed E-state index contributed by atoms with van der Waals surface area (Å²) < 4.78 is 0. The molecule has 1 aromatic rings. The van der Waals surface area contributed by atoms with Gasteiger partial charge in [0.2, 0.25) is 0 Å². The van der Waals surface area contributed by atoms with Crippen LogP contribution >= 0.6 is 0 Å². The molecule has 0 aliphatic rings. The molecule has 0 atom stereocenters. The van der Waals surface area contributed by atoms with Gasteiger partial charge in [-0.1, -0.05) is 6.58 Å². The second kappa shape index (κ2) is 5.87. The van der Waals surface area contributed by atoms with Gasteiger partial charge in [0.05, 0.1) is 11.6 Å². The lowest BCUT2D eigenvalue weighted by Gasteiger charge is -1.91. The molecule has 2 heteroatoms. The first kappa shape index (κ1) is 10.1. The molecule has 1 aromatic heterocycles. The van der Waals surface area contributed by atoms with E-state index < -0.39 is 0 Å². The molecule has 0 N–H and O–H groups in total. The van der Waals surface area contributed by atoms with Gasteiger partial charge in [0.25, 0.3) is 0 Å². The van der Waals surface area contributed by atoms with Gasteiger partial charge in [0, 0.05) is 12.4 Å². The summed E-state index contributed by atoms with van der Waals surface area (Å²) in [7, 11) is 0. The number of pyridine rings is 1. The summed E-state index contributed by atoms with van der Waals surface area (Å²) in [6, 6.07) is 5.47. The smallest absolute Gasteiger partial charge is 0.0991 e. The van der Waals surface area contributed by atoms with Crippen molar-refractivity contribution >= 4 is 5.57 Å². The predicted octanol–water partition coefficient (Wildman–Crippen LogP) is 2.42. The summed E-state index contributed by atoms with van der Waals surface area (Å²) in [5.74, 6) is 0. The Labute approximate surface area is 72.5 Å². The lowest BCUT2D eigenvalue weighted by atomic mass is 10.1. The molecule has 0 radical (unpaired) electrons. The van der Waals surface area contributed by atoms with Crippen molar-refractivity contribution < 1.29 is 0 Å². The first-order valence-corrected chi connectivity index (χ1v) is 3.34. The summed E-state index contributed by atoms with van der Waals surface area (Å²) in [5.41, 5.74) is 1.31. The molecule has 0 aromatic carbocycles. The Hall–Kier alpha value is -1.88. The number of hydrogen-bond acceptors (Lipinski definition) is 2. The second-order valence-electron chi connectivity index (χ2n) is 1.83. The highest BCUT2D eigenvalue weighted by Gasteiger charge is 1.92. The minimum Gasteiger partial charge on any atom is -0.265 e. The van der Waals surface area contributed by atoms with Crippen LogP contribution in [0.5, 0.6) is 0 Å². The van der Waals surface area contributed by atoms with Crippen LogP contribution in [0.2, 0.25) is 0 Å². The molecule has 2 nitrogen and oxygen atoms in total. The molecule has 12 heavy (non-hydrogen) atoms. The fourth-order valence-electron chi connectivity index (χ4n) is 0.618. The van der Waals surface area contributed by atoms with E-state index in [1.54, 1.807) is 24.5 Å². The highest BCUT2D eigenvalue weighted by Crippen LogP contribution is 2.07. The van der Waals surface area contributed by atoms with Gasteiger partial charge in [-0.05, 0) is 17.7 Å². The molecule has 0 aliphatic carbocycles. The zero-order valence-corrected chi connectivity index (χ0v) is 6.83. The van der Waals surface area contributed by atoms with E-state index in [1.807, 2.05) is 6.07 Å². The average molecular weight is 158 g/mol. The van der Waals surface area contributed by atoms with Crippen LogP contribution in [0.3, 0.4) is 0 Å².